The normalized spacial score (nSPS) is 10.2. The van der Waals surface area contributed by atoms with Gasteiger partial charge in [0.05, 0.1) is 0 Å². The minimum atomic E-state index is 0.344. The smallest absolute Gasteiger partial charge is 0.115 e. The minimum absolute atomic E-state index is 0.344. The van der Waals surface area contributed by atoms with Crippen LogP contribution in [-0.4, -0.2) is 15.3 Å². The summed E-state index contributed by atoms with van der Waals surface area (Å²) in [6.45, 7) is 0. The van der Waals surface area contributed by atoms with Gasteiger partial charge in [-0.1, -0.05) is 22.6 Å². The van der Waals surface area contributed by atoms with Gasteiger partial charge in [-0.25, -0.2) is 0 Å². The van der Waals surface area contributed by atoms with Crippen LogP contribution in [0.25, 0.3) is 0 Å². The molecule has 1 aromatic rings. The summed E-state index contributed by atoms with van der Waals surface area (Å²) in [5.41, 5.74) is 0. The summed E-state index contributed by atoms with van der Waals surface area (Å²) in [7, 11) is 0. The van der Waals surface area contributed by atoms with Gasteiger partial charge in [-0.3, -0.25) is 0 Å². The first-order valence-electron chi connectivity index (χ1n) is 4.31. The molecule has 0 unspecified atom stereocenters. The first kappa shape index (κ1) is 11.2. The van der Waals surface area contributed by atoms with E-state index in [1.165, 1.54) is 27.9 Å². The van der Waals surface area contributed by atoms with Crippen molar-refractivity contribution in [2.24, 2.45) is 0 Å². The highest BCUT2D eigenvalue weighted by molar-refractivity contribution is 14.1. The third-order valence-electron chi connectivity index (χ3n) is 1.63. The molecule has 0 bridgehead atoms. The Kier molecular flexibility index (Phi) is 5.62. The van der Waals surface area contributed by atoms with Crippen molar-refractivity contribution in [3.05, 3.63) is 24.3 Å². The lowest BCUT2D eigenvalue weighted by molar-refractivity contribution is 0.475. The van der Waals surface area contributed by atoms with Crippen molar-refractivity contribution in [3.8, 4) is 5.75 Å². The number of phenols is 1. The second-order valence-corrected chi connectivity index (χ2v) is 4.99. The minimum Gasteiger partial charge on any atom is -0.508 e. The molecule has 0 aliphatic rings. The van der Waals surface area contributed by atoms with Crippen LogP contribution in [0.3, 0.4) is 0 Å². The molecule has 0 spiro atoms. The van der Waals surface area contributed by atoms with Crippen molar-refractivity contribution in [1.82, 2.24) is 0 Å². The van der Waals surface area contributed by atoms with Gasteiger partial charge in [0.1, 0.15) is 5.75 Å². The molecule has 0 aromatic heterocycles. The van der Waals surface area contributed by atoms with Crippen LogP contribution in [0.2, 0.25) is 0 Å². The summed E-state index contributed by atoms with van der Waals surface area (Å²) in [5.74, 6) is 1.52. The molecule has 1 rings (SSSR count). The third kappa shape index (κ3) is 4.76. The Hall–Kier alpha value is 0.1000. The number of alkyl halides is 1. The second-order valence-electron chi connectivity index (χ2n) is 2.74. The van der Waals surface area contributed by atoms with E-state index < -0.39 is 0 Å². The molecule has 0 atom stereocenters. The van der Waals surface area contributed by atoms with Crippen molar-refractivity contribution >= 4 is 34.4 Å². The van der Waals surface area contributed by atoms with Crippen molar-refractivity contribution in [1.29, 1.82) is 0 Å². The first-order valence-corrected chi connectivity index (χ1v) is 6.82. The van der Waals surface area contributed by atoms with Crippen molar-refractivity contribution in [2.75, 3.05) is 10.2 Å². The Balaban J connectivity index is 2.25. The maximum absolute atomic E-state index is 9.06. The molecule has 0 saturated heterocycles. The highest BCUT2D eigenvalue weighted by Crippen LogP contribution is 2.21. The largest absolute Gasteiger partial charge is 0.508 e. The first-order chi connectivity index (χ1) is 6.33. The number of benzene rings is 1. The molecule has 1 aromatic carbocycles. The van der Waals surface area contributed by atoms with Gasteiger partial charge in [-0.2, -0.15) is 0 Å². The fraction of sp³-hybridized carbons (Fsp3) is 0.400. The fourth-order valence-electron chi connectivity index (χ4n) is 0.929. The average molecular weight is 308 g/mol. The quantitative estimate of drug-likeness (QED) is 0.387. The number of rotatable bonds is 5. The van der Waals surface area contributed by atoms with Crippen molar-refractivity contribution in [2.45, 2.75) is 17.7 Å². The van der Waals surface area contributed by atoms with Crippen LogP contribution in [0.5, 0.6) is 5.75 Å². The summed E-state index contributed by atoms with van der Waals surface area (Å²) in [5, 5.41) is 9.06. The zero-order valence-electron chi connectivity index (χ0n) is 7.37. The molecule has 0 aliphatic heterocycles. The van der Waals surface area contributed by atoms with Crippen molar-refractivity contribution in [3.63, 3.8) is 0 Å². The van der Waals surface area contributed by atoms with Gasteiger partial charge in [0, 0.05) is 4.90 Å². The van der Waals surface area contributed by atoms with Gasteiger partial charge in [-0.15, -0.1) is 11.8 Å². The van der Waals surface area contributed by atoms with E-state index in [1.54, 1.807) is 12.1 Å². The molecule has 3 heteroatoms. The molecule has 0 radical (unpaired) electrons. The maximum atomic E-state index is 9.06. The van der Waals surface area contributed by atoms with E-state index in [2.05, 4.69) is 22.6 Å². The number of phenolic OH excluding ortho intramolecular Hbond substituents is 1. The van der Waals surface area contributed by atoms with Gasteiger partial charge in [-0.05, 0) is 47.3 Å². The SMILES string of the molecule is Oc1ccc(SCCCCI)cc1. The van der Waals surface area contributed by atoms with Gasteiger partial charge < -0.3 is 5.11 Å². The molecule has 72 valence electrons. The van der Waals surface area contributed by atoms with Crippen LogP contribution >= 0.6 is 34.4 Å². The van der Waals surface area contributed by atoms with E-state index >= 15 is 0 Å². The Labute approximate surface area is 97.1 Å². The summed E-state index contributed by atoms with van der Waals surface area (Å²) in [4.78, 5) is 1.24. The van der Waals surface area contributed by atoms with Gasteiger partial charge >= 0.3 is 0 Å². The van der Waals surface area contributed by atoms with E-state index in [4.69, 9.17) is 5.11 Å². The van der Waals surface area contributed by atoms with Crippen LogP contribution in [-0.2, 0) is 0 Å². The zero-order valence-corrected chi connectivity index (χ0v) is 10.3. The maximum Gasteiger partial charge on any atom is 0.115 e. The standard InChI is InChI=1S/C10H13IOS/c11-7-1-2-8-13-10-5-3-9(12)4-6-10/h3-6,12H,1-2,7-8H2. The Bertz CT molecular complexity index is 235. The van der Waals surface area contributed by atoms with E-state index in [1.807, 2.05) is 23.9 Å². The lowest BCUT2D eigenvalue weighted by atomic mass is 10.3. The van der Waals surface area contributed by atoms with Gasteiger partial charge in [0.25, 0.3) is 0 Å². The zero-order chi connectivity index (χ0) is 9.52. The monoisotopic (exact) mass is 308 g/mol. The predicted octanol–water partition coefficient (Wildman–Crippen LogP) is 3.70. The summed E-state index contributed by atoms with van der Waals surface area (Å²) < 4.78 is 1.24. The molecule has 1 nitrogen and oxygen atoms in total. The van der Waals surface area contributed by atoms with E-state index in [-0.39, 0.29) is 0 Å². The Morgan fingerprint density at radius 1 is 1.15 bits per heavy atom. The van der Waals surface area contributed by atoms with E-state index in [0.717, 1.165) is 0 Å². The predicted molar refractivity (Wildman–Crippen MR) is 67.0 cm³/mol. The molecule has 0 heterocycles. The number of aromatic hydroxyl groups is 1. The fourth-order valence-corrected chi connectivity index (χ4v) is 2.38. The lowest BCUT2D eigenvalue weighted by Crippen LogP contribution is -1.81. The topological polar surface area (TPSA) is 20.2 Å². The van der Waals surface area contributed by atoms with Crippen LogP contribution in [0.1, 0.15) is 12.8 Å². The molecular weight excluding hydrogens is 295 g/mol. The second kappa shape index (κ2) is 6.54. The molecule has 0 aliphatic carbocycles. The van der Waals surface area contributed by atoms with E-state index in [9.17, 15) is 0 Å². The molecule has 0 amide bonds. The third-order valence-corrected chi connectivity index (χ3v) is 3.49. The molecule has 1 N–H and O–H groups in total. The molecular formula is C10H13IOS. The van der Waals surface area contributed by atoms with Gasteiger partial charge in [0.2, 0.25) is 0 Å². The molecule has 13 heavy (non-hydrogen) atoms. The molecule has 0 fully saturated rings. The lowest BCUT2D eigenvalue weighted by Gasteiger charge is -2.00. The van der Waals surface area contributed by atoms with Crippen LogP contribution < -0.4 is 0 Å². The highest BCUT2D eigenvalue weighted by atomic mass is 127. The van der Waals surface area contributed by atoms with E-state index in [0.29, 0.717) is 5.75 Å². The van der Waals surface area contributed by atoms with Gasteiger partial charge in [0.15, 0.2) is 0 Å². The van der Waals surface area contributed by atoms with Crippen LogP contribution in [0.15, 0.2) is 29.2 Å². The number of unbranched alkanes of at least 4 members (excludes halogenated alkanes) is 1. The molecule has 0 saturated carbocycles. The number of hydrogen-bond donors (Lipinski definition) is 1. The van der Waals surface area contributed by atoms with Crippen LogP contribution in [0.4, 0.5) is 0 Å². The highest BCUT2D eigenvalue weighted by Gasteiger charge is 1.93. The Morgan fingerprint density at radius 3 is 2.46 bits per heavy atom. The Morgan fingerprint density at radius 2 is 1.85 bits per heavy atom. The summed E-state index contributed by atoms with van der Waals surface area (Å²) in [6, 6.07) is 7.40. The van der Waals surface area contributed by atoms with Crippen LogP contribution in [0, 0.1) is 0 Å². The average Bonchev–Trinajstić information content (AvgIpc) is 2.15. The number of halogens is 1. The summed E-state index contributed by atoms with van der Waals surface area (Å²) in [6.07, 6.45) is 2.57. The van der Waals surface area contributed by atoms with Crippen molar-refractivity contribution < 1.29 is 5.11 Å². The summed E-state index contributed by atoms with van der Waals surface area (Å²) >= 11 is 4.26. The number of thioether (sulfide) groups is 1. The number of hydrogen-bond acceptors (Lipinski definition) is 2.